The molecule has 5 heterocycles. The van der Waals surface area contributed by atoms with E-state index in [4.69, 9.17) is 5.73 Å². The minimum atomic E-state index is -4.65. The Morgan fingerprint density at radius 1 is 1.11 bits per heavy atom. The number of fused-ring (bicyclic) bond motifs is 3. The maximum atomic E-state index is 13.4. The van der Waals surface area contributed by atoms with Crippen molar-refractivity contribution in [2.75, 3.05) is 18.8 Å². The molecule has 1 amide bonds. The second-order valence-corrected chi connectivity index (χ2v) is 9.33. The minimum absolute atomic E-state index is 0.0908. The zero-order valence-electron chi connectivity index (χ0n) is 19.5. The molecule has 10 nitrogen and oxygen atoms in total. The van der Waals surface area contributed by atoms with Gasteiger partial charge >= 0.3 is 6.18 Å². The summed E-state index contributed by atoms with van der Waals surface area (Å²) >= 11 is 0. The van der Waals surface area contributed by atoms with Crippen LogP contribution in [0.4, 0.5) is 19.0 Å². The molecule has 1 saturated heterocycles. The van der Waals surface area contributed by atoms with Gasteiger partial charge in [-0.3, -0.25) is 9.78 Å². The molecule has 13 heteroatoms. The molecule has 3 N–H and O–H groups in total. The van der Waals surface area contributed by atoms with E-state index in [2.05, 4.69) is 25.3 Å². The van der Waals surface area contributed by atoms with Crippen LogP contribution in [0.15, 0.2) is 30.6 Å². The third-order valence-corrected chi connectivity index (χ3v) is 6.29. The molecule has 36 heavy (non-hydrogen) atoms. The molecule has 0 radical (unpaired) electrons. The van der Waals surface area contributed by atoms with Gasteiger partial charge in [0.1, 0.15) is 28.0 Å². The number of nitrogen functional groups attached to an aromatic ring is 1. The first-order valence-corrected chi connectivity index (χ1v) is 11.3. The Labute approximate surface area is 203 Å². The van der Waals surface area contributed by atoms with Crippen LogP contribution in [-0.2, 0) is 11.0 Å². The summed E-state index contributed by atoms with van der Waals surface area (Å²) in [6.07, 6.45) is -0.663. The van der Waals surface area contributed by atoms with Gasteiger partial charge in [0.05, 0.1) is 29.0 Å². The molecule has 0 bridgehead atoms. The first-order chi connectivity index (χ1) is 16.9. The van der Waals surface area contributed by atoms with Crippen LogP contribution in [0.5, 0.6) is 0 Å². The van der Waals surface area contributed by atoms with E-state index < -0.39 is 23.2 Å². The fraction of sp³-hybridized carbons (Fsp3) is 0.391. The topological polar surface area (TPSA) is 136 Å². The molecular formula is C23H23F3N8O2. The molecule has 0 atom stereocenters. The highest BCUT2D eigenvalue weighted by atomic mass is 19.4. The highest BCUT2D eigenvalue weighted by molar-refractivity contribution is 5.99. The van der Waals surface area contributed by atoms with Crippen molar-refractivity contribution in [2.24, 2.45) is 0 Å². The largest absolute Gasteiger partial charge is 0.419 e. The fourth-order valence-corrected chi connectivity index (χ4v) is 4.44. The van der Waals surface area contributed by atoms with Crippen molar-refractivity contribution < 1.29 is 23.1 Å². The molecule has 5 rings (SSSR count). The summed E-state index contributed by atoms with van der Waals surface area (Å²) in [6.45, 7) is 3.80. The lowest BCUT2D eigenvalue weighted by Gasteiger charge is -2.35. The van der Waals surface area contributed by atoms with E-state index in [1.54, 1.807) is 27.9 Å². The number of piperidine rings is 1. The molecule has 1 fully saturated rings. The number of hydrogen-bond acceptors (Lipinski definition) is 8. The smallest absolute Gasteiger partial charge is 0.383 e. The summed E-state index contributed by atoms with van der Waals surface area (Å²) in [7, 11) is 0. The van der Waals surface area contributed by atoms with Gasteiger partial charge in [-0.05, 0) is 44.9 Å². The van der Waals surface area contributed by atoms with E-state index in [1.165, 1.54) is 20.0 Å². The lowest BCUT2D eigenvalue weighted by Crippen LogP contribution is -2.48. The second-order valence-electron chi connectivity index (χ2n) is 9.33. The zero-order chi connectivity index (χ0) is 25.8. The Hall–Kier alpha value is -3.87. The van der Waals surface area contributed by atoms with Crippen LogP contribution in [0.1, 0.15) is 38.3 Å². The van der Waals surface area contributed by atoms with Crippen LogP contribution in [-0.4, -0.2) is 64.5 Å². The molecule has 0 unspecified atom stereocenters. The maximum Gasteiger partial charge on any atom is 0.419 e. The first kappa shape index (κ1) is 23.9. The molecule has 0 saturated carbocycles. The lowest BCUT2D eigenvalue weighted by molar-refractivity contribution is -0.149. The van der Waals surface area contributed by atoms with Gasteiger partial charge in [-0.25, -0.2) is 14.6 Å². The van der Waals surface area contributed by atoms with E-state index in [1.807, 2.05) is 0 Å². The van der Waals surface area contributed by atoms with Gasteiger partial charge in [-0.15, -0.1) is 5.10 Å². The van der Waals surface area contributed by atoms with Crippen LogP contribution < -0.4 is 5.73 Å². The summed E-state index contributed by atoms with van der Waals surface area (Å²) in [6, 6.07) is 4.08. The number of nitrogens with zero attached hydrogens (tertiary/aromatic N) is 7. The van der Waals surface area contributed by atoms with Crippen molar-refractivity contribution in [3.05, 3.63) is 36.2 Å². The van der Waals surface area contributed by atoms with Crippen molar-refractivity contribution in [1.82, 2.24) is 34.8 Å². The average Bonchev–Trinajstić information content (AvgIpc) is 3.27. The number of aliphatic hydroxyl groups is 1. The van der Waals surface area contributed by atoms with Gasteiger partial charge in [0.25, 0.3) is 5.91 Å². The highest BCUT2D eigenvalue weighted by Crippen LogP contribution is 2.35. The van der Waals surface area contributed by atoms with Gasteiger partial charge in [0.15, 0.2) is 0 Å². The fourth-order valence-electron chi connectivity index (χ4n) is 4.44. The minimum Gasteiger partial charge on any atom is -0.383 e. The first-order valence-electron chi connectivity index (χ1n) is 11.3. The molecular weight excluding hydrogens is 477 g/mol. The molecule has 1 aliphatic heterocycles. The molecule has 0 aliphatic carbocycles. The highest BCUT2D eigenvalue weighted by Gasteiger charge is 2.35. The van der Waals surface area contributed by atoms with E-state index in [0.29, 0.717) is 48.0 Å². The number of pyridine rings is 3. The number of anilines is 1. The molecule has 188 valence electrons. The number of carbonyl (C=O) groups excluding carboxylic acids is 1. The number of carbonyl (C=O) groups is 1. The van der Waals surface area contributed by atoms with Crippen molar-refractivity contribution in [2.45, 2.75) is 44.5 Å². The maximum absolute atomic E-state index is 13.4. The SMILES string of the molecule is CC(C)(O)C(=O)N1CCC(n2nnc3cnc4ccc(-c5cnc(N)c(C(F)(F)F)c5)nc4c32)CC1. The van der Waals surface area contributed by atoms with E-state index in [9.17, 15) is 23.1 Å². The molecule has 0 aromatic carbocycles. The normalized spacial score (nSPS) is 15.7. The Kier molecular flexibility index (Phi) is 5.54. The third kappa shape index (κ3) is 4.19. The number of nitrogens with two attached hydrogens (primary N) is 1. The van der Waals surface area contributed by atoms with Crippen molar-refractivity contribution in [1.29, 1.82) is 0 Å². The number of halogens is 3. The van der Waals surface area contributed by atoms with Gasteiger partial charge < -0.3 is 15.7 Å². The van der Waals surface area contributed by atoms with Crippen LogP contribution in [0.2, 0.25) is 0 Å². The number of amides is 1. The van der Waals surface area contributed by atoms with Crippen LogP contribution in [0, 0.1) is 0 Å². The number of rotatable bonds is 3. The third-order valence-electron chi connectivity index (χ3n) is 6.29. The second kappa shape index (κ2) is 8.36. The standard InChI is InChI=1S/C23H23F3N8O2/c1-22(2,36)21(35)33-7-5-13(6-8-33)34-19-17(31-32-34)11-28-16-4-3-15(30-18(16)19)12-9-14(23(24,25)26)20(27)29-10-12/h3-4,9-11,13,36H,5-8H2,1-2H3,(H2,27,29). The van der Waals surface area contributed by atoms with Crippen molar-refractivity contribution >= 4 is 33.8 Å². The predicted octanol–water partition coefficient (Wildman–Crippen LogP) is 2.97. The Morgan fingerprint density at radius 2 is 1.83 bits per heavy atom. The van der Waals surface area contributed by atoms with Crippen LogP contribution >= 0.6 is 0 Å². The number of hydrogen-bond donors (Lipinski definition) is 2. The molecule has 1 aliphatic rings. The lowest BCUT2D eigenvalue weighted by atomic mass is 10.0. The molecule has 4 aromatic heterocycles. The summed E-state index contributed by atoms with van der Waals surface area (Å²) in [5, 5.41) is 18.6. The Morgan fingerprint density at radius 3 is 2.50 bits per heavy atom. The monoisotopic (exact) mass is 500 g/mol. The average molecular weight is 500 g/mol. The van der Waals surface area contributed by atoms with Crippen LogP contribution in [0.3, 0.4) is 0 Å². The zero-order valence-corrected chi connectivity index (χ0v) is 19.5. The number of likely N-dealkylation sites (tertiary alicyclic amines) is 1. The van der Waals surface area contributed by atoms with Crippen molar-refractivity contribution in [3.63, 3.8) is 0 Å². The summed E-state index contributed by atoms with van der Waals surface area (Å²) in [4.78, 5) is 26.7. The summed E-state index contributed by atoms with van der Waals surface area (Å²) in [5.74, 6) is -0.937. The van der Waals surface area contributed by atoms with Crippen LogP contribution in [0.25, 0.3) is 33.3 Å². The molecule has 0 spiro atoms. The summed E-state index contributed by atoms with van der Waals surface area (Å²) < 4.78 is 41.8. The molecule has 4 aromatic rings. The van der Waals surface area contributed by atoms with E-state index in [-0.39, 0.29) is 23.2 Å². The van der Waals surface area contributed by atoms with E-state index in [0.717, 1.165) is 6.07 Å². The van der Waals surface area contributed by atoms with Gasteiger partial charge in [-0.1, -0.05) is 5.21 Å². The van der Waals surface area contributed by atoms with Gasteiger partial charge in [0, 0.05) is 24.8 Å². The quantitative estimate of drug-likeness (QED) is 0.438. The Bertz CT molecular complexity index is 1470. The Balaban J connectivity index is 1.53. The number of aromatic nitrogens is 6. The van der Waals surface area contributed by atoms with E-state index >= 15 is 0 Å². The van der Waals surface area contributed by atoms with Crippen molar-refractivity contribution in [3.8, 4) is 11.3 Å². The van der Waals surface area contributed by atoms with Gasteiger partial charge in [0.2, 0.25) is 0 Å². The van der Waals surface area contributed by atoms with Gasteiger partial charge in [-0.2, -0.15) is 13.2 Å². The summed E-state index contributed by atoms with van der Waals surface area (Å²) in [5.41, 5.74) is 5.46. The number of alkyl halides is 3. The predicted molar refractivity (Wildman–Crippen MR) is 124 cm³/mol.